The molecule has 0 aromatic heterocycles. The summed E-state index contributed by atoms with van der Waals surface area (Å²) in [4.78, 5) is 0. The van der Waals surface area contributed by atoms with Crippen molar-refractivity contribution in [3.8, 4) is 5.75 Å². The van der Waals surface area contributed by atoms with Crippen LogP contribution >= 0.6 is 27.7 Å². The molecule has 1 aromatic rings. The van der Waals surface area contributed by atoms with E-state index in [-0.39, 0.29) is 0 Å². The van der Waals surface area contributed by atoms with Crippen LogP contribution in [0.5, 0.6) is 5.75 Å². The number of aliphatic hydroxyl groups is 1. The Morgan fingerprint density at radius 3 is 2.86 bits per heavy atom. The number of thioether (sulfide) groups is 1. The Morgan fingerprint density at radius 1 is 1.38 bits per heavy atom. The summed E-state index contributed by atoms with van der Waals surface area (Å²) in [6.45, 7) is 3.15. The standard InChI is InChI=1S/C16H24BrNO2S/c1-2-21-16-8-5-13(9-16)18-10-14(19)11-20-15-6-3-12(17)4-7-15/h3-4,6-7,13-14,16,18-19H,2,5,8-11H2,1H3. The van der Waals surface area contributed by atoms with E-state index in [1.807, 2.05) is 24.3 Å². The lowest BCUT2D eigenvalue weighted by Crippen LogP contribution is -2.37. The van der Waals surface area contributed by atoms with Gasteiger partial charge in [0.25, 0.3) is 0 Å². The molecule has 1 aliphatic rings. The summed E-state index contributed by atoms with van der Waals surface area (Å²) in [5.74, 6) is 1.98. The van der Waals surface area contributed by atoms with Gasteiger partial charge in [0, 0.05) is 22.3 Å². The Balaban J connectivity index is 1.61. The molecule has 21 heavy (non-hydrogen) atoms. The predicted molar refractivity (Wildman–Crippen MR) is 93.2 cm³/mol. The maximum Gasteiger partial charge on any atom is 0.119 e. The molecule has 0 amide bonds. The second-order valence-electron chi connectivity index (χ2n) is 5.41. The molecule has 0 aliphatic heterocycles. The Hall–Kier alpha value is -0.230. The van der Waals surface area contributed by atoms with Gasteiger partial charge in [-0.2, -0.15) is 11.8 Å². The molecule has 1 aliphatic carbocycles. The van der Waals surface area contributed by atoms with Crippen molar-refractivity contribution in [1.82, 2.24) is 5.32 Å². The van der Waals surface area contributed by atoms with E-state index in [1.165, 1.54) is 25.0 Å². The van der Waals surface area contributed by atoms with Crippen LogP contribution in [0.4, 0.5) is 0 Å². The minimum absolute atomic E-state index is 0.328. The van der Waals surface area contributed by atoms with Gasteiger partial charge in [0.1, 0.15) is 18.5 Å². The van der Waals surface area contributed by atoms with Gasteiger partial charge in [0.2, 0.25) is 0 Å². The van der Waals surface area contributed by atoms with Crippen LogP contribution in [-0.2, 0) is 0 Å². The lowest BCUT2D eigenvalue weighted by atomic mass is 10.2. The summed E-state index contributed by atoms with van der Waals surface area (Å²) in [6, 6.07) is 8.21. The molecular weight excluding hydrogens is 350 g/mol. The number of hydrogen-bond donors (Lipinski definition) is 2. The van der Waals surface area contributed by atoms with Crippen LogP contribution in [0.25, 0.3) is 0 Å². The third-order valence-corrected chi connectivity index (χ3v) is 5.45. The number of hydrogen-bond acceptors (Lipinski definition) is 4. The molecule has 118 valence electrons. The van der Waals surface area contributed by atoms with Gasteiger partial charge < -0.3 is 15.2 Å². The van der Waals surface area contributed by atoms with E-state index in [0.717, 1.165) is 15.5 Å². The van der Waals surface area contributed by atoms with Crippen molar-refractivity contribution in [1.29, 1.82) is 0 Å². The van der Waals surface area contributed by atoms with Crippen molar-refractivity contribution in [2.45, 2.75) is 43.6 Å². The average molecular weight is 374 g/mol. The van der Waals surface area contributed by atoms with Crippen LogP contribution < -0.4 is 10.1 Å². The lowest BCUT2D eigenvalue weighted by molar-refractivity contribution is 0.104. The number of aliphatic hydroxyl groups excluding tert-OH is 1. The molecule has 3 unspecified atom stereocenters. The number of benzene rings is 1. The normalized spacial score (nSPS) is 23.2. The molecule has 0 radical (unpaired) electrons. The fourth-order valence-electron chi connectivity index (χ4n) is 2.60. The van der Waals surface area contributed by atoms with E-state index in [1.54, 1.807) is 0 Å². The third kappa shape index (κ3) is 6.19. The summed E-state index contributed by atoms with van der Waals surface area (Å²) in [6.07, 6.45) is 3.27. The highest BCUT2D eigenvalue weighted by molar-refractivity contribution is 9.10. The highest BCUT2D eigenvalue weighted by Crippen LogP contribution is 2.29. The Morgan fingerprint density at radius 2 is 2.14 bits per heavy atom. The zero-order valence-corrected chi connectivity index (χ0v) is 14.8. The van der Waals surface area contributed by atoms with E-state index in [2.05, 4.69) is 39.9 Å². The summed E-state index contributed by atoms with van der Waals surface area (Å²) >= 11 is 5.44. The lowest BCUT2D eigenvalue weighted by Gasteiger charge is -2.17. The molecule has 1 aromatic carbocycles. The molecule has 0 spiro atoms. The first-order chi connectivity index (χ1) is 10.2. The topological polar surface area (TPSA) is 41.5 Å². The largest absolute Gasteiger partial charge is 0.491 e. The third-order valence-electron chi connectivity index (χ3n) is 3.69. The van der Waals surface area contributed by atoms with Gasteiger partial charge in [0.05, 0.1) is 0 Å². The molecule has 0 bridgehead atoms. The highest BCUT2D eigenvalue weighted by Gasteiger charge is 2.24. The van der Waals surface area contributed by atoms with Gasteiger partial charge in [-0.3, -0.25) is 0 Å². The number of nitrogens with one attached hydrogen (secondary N) is 1. The van der Waals surface area contributed by atoms with Crippen LogP contribution in [0.15, 0.2) is 28.7 Å². The average Bonchev–Trinajstić information content (AvgIpc) is 2.93. The minimum atomic E-state index is -0.466. The molecule has 1 fully saturated rings. The summed E-state index contributed by atoms with van der Waals surface area (Å²) < 4.78 is 6.61. The van der Waals surface area contributed by atoms with E-state index >= 15 is 0 Å². The minimum Gasteiger partial charge on any atom is -0.491 e. The van der Waals surface area contributed by atoms with Crippen molar-refractivity contribution in [2.24, 2.45) is 0 Å². The Kier molecular flexibility index (Phi) is 7.37. The first kappa shape index (κ1) is 17.1. The first-order valence-electron chi connectivity index (χ1n) is 7.58. The predicted octanol–water partition coefficient (Wildman–Crippen LogP) is 3.45. The van der Waals surface area contributed by atoms with E-state index in [9.17, 15) is 5.11 Å². The van der Waals surface area contributed by atoms with Crippen molar-refractivity contribution in [3.63, 3.8) is 0 Å². The second-order valence-corrected chi connectivity index (χ2v) is 7.91. The van der Waals surface area contributed by atoms with Crippen LogP contribution in [0, 0.1) is 0 Å². The van der Waals surface area contributed by atoms with Crippen LogP contribution in [0.1, 0.15) is 26.2 Å². The van der Waals surface area contributed by atoms with Crippen LogP contribution in [0.2, 0.25) is 0 Å². The highest BCUT2D eigenvalue weighted by atomic mass is 79.9. The summed E-state index contributed by atoms with van der Waals surface area (Å²) in [7, 11) is 0. The van der Waals surface area contributed by atoms with Crippen molar-refractivity contribution < 1.29 is 9.84 Å². The second kappa shape index (κ2) is 9.03. The number of rotatable bonds is 8. The Bertz CT molecular complexity index is 415. The SMILES string of the molecule is CCSC1CCC(NCC(O)COc2ccc(Br)cc2)C1. The molecule has 3 atom stereocenters. The first-order valence-corrected chi connectivity index (χ1v) is 9.43. The zero-order valence-electron chi connectivity index (χ0n) is 12.4. The molecule has 2 N–H and O–H groups in total. The Labute approximate surface area is 140 Å². The van der Waals surface area contributed by atoms with Crippen LogP contribution in [-0.4, -0.2) is 41.4 Å². The maximum atomic E-state index is 9.99. The molecular formula is C16H24BrNO2S. The van der Waals surface area contributed by atoms with Gasteiger partial charge in [-0.25, -0.2) is 0 Å². The molecule has 0 saturated heterocycles. The van der Waals surface area contributed by atoms with Crippen molar-refractivity contribution in [2.75, 3.05) is 18.9 Å². The van der Waals surface area contributed by atoms with Gasteiger partial charge in [-0.15, -0.1) is 0 Å². The van der Waals surface area contributed by atoms with Gasteiger partial charge in [-0.05, 0) is 49.3 Å². The van der Waals surface area contributed by atoms with E-state index in [4.69, 9.17) is 4.74 Å². The fourth-order valence-corrected chi connectivity index (χ4v) is 4.00. The molecule has 0 heterocycles. The number of ether oxygens (including phenoxy) is 1. The molecule has 2 rings (SSSR count). The molecule has 1 saturated carbocycles. The molecule has 3 nitrogen and oxygen atoms in total. The smallest absolute Gasteiger partial charge is 0.119 e. The maximum absolute atomic E-state index is 9.99. The zero-order chi connectivity index (χ0) is 15.1. The number of halogens is 1. The van der Waals surface area contributed by atoms with E-state index < -0.39 is 6.10 Å². The monoisotopic (exact) mass is 373 g/mol. The summed E-state index contributed by atoms with van der Waals surface area (Å²) in [5.41, 5.74) is 0. The van der Waals surface area contributed by atoms with Gasteiger partial charge >= 0.3 is 0 Å². The van der Waals surface area contributed by atoms with Gasteiger partial charge in [0.15, 0.2) is 0 Å². The molecule has 5 heteroatoms. The quantitative estimate of drug-likeness (QED) is 0.731. The summed E-state index contributed by atoms with van der Waals surface area (Å²) in [5, 5.41) is 14.3. The van der Waals surface area contributed by atoms with Crippen LogP contribution in [0.3, 0.4) is 0 Å². The van der Waals surface area contributed by atoms with Crippen molar-refractivity contribution >= 4 is 27.7 Å². The van der Waals surface area contributed by atoms with Gasteiger partial charge in [-0.1, -0.05) is 22.9 Å². The van der Waals surface area contributed by atoms with Crippen molar-refractivity contribution in [3.05, 3.63) is 28.7 Å². The fraction of sp³-hybridized carbons (Fsp3) is 0.625. The van der Waals surface area contributed by atoms with E-state index in [0.29, 0.717) is 19.2 Å².